The molecule has 0 radical (unpaired) electrons. The monoisotopic (exact) mass is 1000 g/mol. The average molecular weight is 1000 g/mol. The minimum atomic E-state index is -2.45. The molecule has 1 aliphatic carbocycles. The zero-order chi connectivity index (χ0) is 52.8. The van der Waals surface area contributed by atoms with Gasteiger partial charge in [-0.2, -0.15) is 0 Å². The molecule has 1 amide bonds. The molecule has 400 valence electrons. The van der Waals surface area contributed by atoms with E-state index in [4.69, 9.17) is 23.7 Å². The van der Waals surface area contributed by atoms with Gasteiger partial charge in [-0.1, -0.05) is 71.1 Å². The van der Waals surface area contributed by atoms with Crippen molar-refractivity contribution in [1.29, 1.82) is 0 Å². The van der Waals surface area contributed by atoms with Gasteiger partial charge in [0, 0.05) is 51.4 Å². The number of Topliss-reactive ketones (excluding diaryl/α,β-unsaturated/α-hetero) is 3. The molecule has 2 bridgehead atoms. The molecule has 2 saturated heterocycles. The average Bonchev–Trinajstić information content (AvgIpc) is 3.35. The van der Waals surface area contributed by atoms with Gasteiger partial charge in [-0.25, -0.2) is 4.79 Å². The topological polar surface area (TPSA) is 233 Å². The highest BCUT2D eigenvalue weighted by Crippen LogP contribution is 2.38. The minimum Gasteiger partial charge on any atom is -0.462 e. The molecule has 4 aliphatic rings. The Morgan fingerprint density at radius 2 is 1.56 bits per heavy atom. The lowest BCUT2D eigenvalue weighted by Crippen LogP contribution is -2.61. The highest BCUT2D eigenvalue weighted by atomic mass is 16.6. The van der Waals surface area contributed by atoms with Crippen molar-refractivity contribution in [1.82, 2.24) is 4.90 Å². The standard InChI is InChI=1S/C55H85NO15/c1-33-16-12-11-13-17-34(2)45(67-9)29-42-22-19-39(7)55(66,71-42)50(62)51(63)56-25-15-14-18-43(56)52(64)70-46(30-44(59)35(3)27-38(6)48(61)49(68-10)47(60)37(5)26-33)36(4)28-40-20-23-41(24-21-40)69-53(65)54(8,31-57)32-58/h11-13,16-17,27,33,35-37,39-43,45-46,48-49,57-58,61,66H,14-15,18-26,28-32H2,1-10H3/b13-11+,16-12+,34-17+,38-27+/t33-,35-,36-,37-,39-,40-,41-,42+,43+,45+,46+,48-,49+,55-/m1/s1. The molecule has 0 unspecified atom stereocenters. The van der Waals surface area contributed by atoms with Gasteiger partial charge in [-0.05, 0) is 120 Å². The zero-order valence-electron chi connectivity index (χ0n) is 44.0. The summed E-state index contributed by atoms with van der Waals surface area (Å²) >= 11 is 0. The number of ether oxygens (including phenoxy) is 5. The highest BCUT2D eigenvalue weighted by Gasteiger charge is 2.53. The normalized spacial score (nSPS) is 37.1. The van der Waals surface area contributed by atoms with Gasteiger partial charge < -0.3 is 49.0 Å². The number of hydrogen-bond donors (Lipinski definition) is 4. The van der Waals surface area contributed by atoms with Gasteiger partial charge >= 0.3 is 11.9 Å². The van der Waals surface area contributed by atoms with Crippen molar-refractivity contribution in [3.63, 3.8) is 0 Å². The molecule has 12 atom stereocenters. The molecule has 0 aromatic rings. The Hall–Kier alpha value is -3.90. The number of aliphatic hydroxyl groups is 4. The summed E-state index contributed by atoms with van der Waals surface area (Å²) in [6, 6.07) is -1.18. The summed E-state index contributed by atoms with van der Waals surface area (Å²) < 4.78 is 29.5. The highest BCUT2D eigenvalue weighted by molar-refractivity contribution is 6.39. The van der Waals surface area contributed by atoms with Crippen molar-refractivity contribution in [2.45, 2.75) is 187 Å². The lowest BCUT2D eigenvalue weighted by Gasteiger charge is -2.42. The van der Waals surface area contributed by atoms with Crippen molar-refractivity contribution in [3.8, 4) is 0 Å². The van der Waals surface area contributed by atoms with E-state index in [0.29, 0.717) is 76.2 Å². The summed E-state index contributed by atoms with van der Waals surface area (Å²) in [6.07, 6.45) is 11.8. The van der Waals surface area contributed by atoms with Crippen LogP contribution in [0, 0.1) is 40.9 Å². The van der Waals surface area contributed by atoms with Crippen LogP contribution in [-0.4, -0.2) is 143 Å². The van der Waals surface area contributed by atoms with Crippen LogP contribution in [0.2, 0.25) is 0 Å². The van der Waals surface area contributed by atoms with Crippen molar-refractivity contribution < 1.29 is 72.9 Å². The molecule has 0 spiro atoms. The van der Waals surface area contributed by atoms with Crippen LogP contribution in [0.4, 0.5) is 0 Å². The number of allylic oxidation sites excluding steroid dienone is 6. The zero-order valence-corrected chi connectivity index (χ0v) is 44.0. The van der Waals surface area contributed by atoms with E-state index in [1.807, 2.05) is 51.2 Å². The third kappa shape index (κ3) is 15.8. The molecule has 16 heteroatoms. The fourth-order valence-electron chi connectivity index (χ4n) is 10.4. The molecule has 3 aliphatic heterocycles. The summed E-state index contributed by atoms with van der Waals surface area (Å²) in [7, 11) is 2.93. The van der Waals surface area contributed by atoms with Crippen molar-refractivity contribution in [2.75, 3.05) is 34.0 Å². The maximum Gasteiger partial charge on any atom is 0.329 e. The summed E-state index contributed by atoms with van der Waals surface area (Å²) in [6.45, 7) is 12.9. The van der Waals surface area contributed by atoms with Gasteiger partial charge in [0.15, 0.2) is 5.78 Å². The quantitative estimate of drug-likeness (QED) is 0.116. The first kappa shape index (κ1) is 59.7. The SMILES string of the molecule is CO[C@H]1C[C@@H]2CC[C@@H](C)[C@@](O)(O2)C(=O)C(=O)N2CCCC[C@H]2C(=O)O[C@H]([C@H](C)C[C@H]2CC[C@H](OC(=O)C(C)(CO)CO)CC2)CC(=O)[C@H](C)/C=C(\C)[C@@H](O)[C@@H](OC)C(=O)[C@H](C)C[C@H](C)/C=C/C=C/C=C/1C. The first-order chi connectivity index (χ1) is 33.5. The number of rotatable bonds is 9. The molecular weight excluding hydrogens is 915 g/mol. The lowest BCUT2D eigenvalue weighted by atomic mass is 9.79. The van der Waals surface area contributed by atoms with Crippen molar-refractivity contribution >= 4 is 35.2 Å². The minimum absolute atomic E-state index is 0.000990. The number of carbonyl (C=O) groups excluding carboxylic acids is 6. The van der Waals surface area contributed by atoms with Crippen LogP contribution in [0.15, 0.2) is 47.6 Å². The smallest absolute Gasteiger partial charge is 0.329 e. The largest absolute Gasteiger partial charge is 0.462 e. The van der Waals surface area contributed by atoms with E-state index in [-0.39, 0.29) is 48.7 Å². The Kier molecular flexibility index (Phi) is 23.0. The van der Waals surface area contributed by atoms with Crippen LogP contribution < -0.4 is 0 Å². The van der Waals surface area contributed by atoms with E-state index in [0.717, 1.165) is 5.57 Å². The van der Waals surface area contributed by atoms with E-state index >= 15 is 0 Å². The van der Waals surface area contributed by atoms with Crippen LogP contribution >= 0.6 is 0 Å². The molecule has 3 fully saturated rings. The van der Waals surface area contributed by atoms with Gasteiger partial charge in [-0.15, -0.1) is 0 Å². The van der Waals surface area contributed by atoms with Crippen LogP contribution in [0.3, 0.4) is 0 Å². The van der Waals surface area contributed by atoms with Crippen LogP contribution in [0.1, 0.15) is 139 Å². The number of carbonyl (C=O) groups is 6. The van der Waals surface area contributed by atoms with Gasteiger partial charge in [-0.3, -0.25) is 24.0 Å². The molecule has 0 aromatic carbocycles. The number of amides is 1. The summed E-state index contributed by atoms with van der Waals surface area (Å²) in [4.78, 5) is 84.9. The summed E-state index contributed by atoms with van der Waals surface area (Å²) in [5, 5.41) is 42.8. The van der Waals surface area contributed by atoms with Crippen LogP contribution in [0.5, 0.6) is 0 Å². The maximum absolute atomic E-state index is 14.5. The third-order valence-electron chi connectivity index (χ3n) is 15.6. The molecule has 71 heavy (non-hydrogen) atoms. The number of cyclic esters (lactones) is 1. The number of esters is 2. The Morgan fingerprint density at radius 3 is 2.20 bits per heavy atom. The number of nitrogens with zero attached hydrogens (tertiary/aromatic N) is 1. The number of ketones is 3. The second-order valence-electron chi connectivity index (χ2n) is 21.5. The number of fused-ring (bicyclic) bond motifs is 3. The van der Waals surface area contributed by atoms with Gasteiger partial charge in [0.2, 0.25) is 5.79 Å². The van der Waals surface area contributed by atoms with Crippen LogP contribution in [-0.2, 0) is 52.5 Å². The second kappa shape index (κ2) is 27.4. The second-order valence-corrected chi connectivity index (χ2v) is 21.5. The van der Waals surface area contributed by atoms with E-state index in [1.165, 1.54) is 18.9 Å². The fraction of sp³-hybridized carbons (Fsp3) is 0.745. The first-order valence-electron chi connectivity index (χ1n) is 25.9. The number of aliphatic hydroxyl groups excluding tert-OH is 3. The lowest BCUT2D eigenvalue weighted by molar-refractivity contribution is -0.265. The van der Waals surface area contributed by atoms with Gasteiger partial charge in [0.25, 0.3) is 11.7 Å². The number of piperidine rings is 1. The van der Waals surface area contributed by atoms with Gasteiger partial charge in [0.1, 0.15) is 41.7 Å². The van der Waals surface area contributed by atoms with E-state index in [2.05, 4.69) is 0 Å². The van der Waals surface area contributed by atoms with Crippen molar-refractivity contribution in [3.05, 3.63) is 47.6 Å². The molecule has 4 N–H and O–H groups in total. The predicted molar refractivity (Wildman–Crippen MR) is 265 cm³/mol. The number of hydrogen-bond acceptors (Lipinski definition) is 15. The summed E-state index contributed by atoms with van der Waals surface area (Å²) in [5.74, 6) is -8.93. The molecule has 0 aromatic heterocycles. The molecule has 16 nitrogen and oxygen atoms in total. The molecule has 1 saturated carbocycles. The predicted octanol–water partition coefficient (Wildman–Crippen LogP) is 6.10. The van der Waals surface area contributed by atoms with Crippen LogP contribution in [0.25, 0.3) is 0 Å². The molecule has 4 rings (SSSR count). The van der Waals surface area contributed by atoms with E-state index < -0.39 is 108 Å². The Labute approximate surface area is 421 Å². The summed E-state index contributed by atoms with van der Waals surface area (Å²) in [5.41, 5.74) is -0.187. The van der Waals surface area contributed by atoms with E-state index in [9.17, 15) is 49.2 Å². The first-order valence-corrected chi connectivity index (χ1v) is 25.9. The number of methoxy groups -OCH3 is 2. The Bertz CT molecular complexity index is 1950. The third-order valence-corrected chi connectivity index (χ3v) is 15.6. The Morgan fingerprint density at radius 1 is 0.887 bits per heavy atom. The fourth-order valence-corrected chi connectivity index (χ4v) is 10.4. The molecular formula is C55H85NO15. The van der Waals surface area contributed by atoms with Gasteiger partial charge in [0.05, 0.1) is 25.4 Å². The van der Waals surface area contributed by atoms with E-state index in [1.54, 1.807) is 40.9 Å². The Balaban J connectivity index is 1.67. The maximum atomic E-state index is 14.5. The molecule has 3 heterocycles. The van der Waals surface area contributed by atoms with Crippen molar-refractivity contribution in [2.24, 2.45) is 40.9 Å².